The second-order valence-electron chi connectivity index (χ2n) is 7.27. The lowest BCUT2D eigenvalue weighted by Crippen LogP contribution is -2.22. The number of ether oxygens (including phenoxy) is 1. The van der Waals surface area contributed by atoms with Crippen LogP contribution in [-0.4, -0.2) is 26.7 Å². The van der Waals surface area contributed by atoms with E-state index in [-0.39, 0.29) is 5.60 Å². The van der Waals surface area contributed by atoms with Crippen molar-refractivity contribution in [3.63, 3.8) is 0 Å². The highest BCUT2D eigenvalue weighted by molar-refractivity contribution is 7.71. The average molecular weight is 381 g/mol. The van der Waals surface area contributed by atoms with Gasteiger partial charge in [0.1, 0.15) is 11.4 Å². The lowest BCUT2D eigenvalue weighted by Gasteiger charge is -2.21. The molecule has 27 heavy (non-hydrogen) atoms. The molecule has 0 bridgehead atoms. The minimum atomic E-state index is -0.215. The average Bonchev–Trinajstić information content (AvgIpc) is 2.99. The number of aromatic amines is 1. The second kappa shape index (κ2) is 8.31. The summed E-state index contributed by atoms with van der Waals surface area (Å²) >= 11 is 5.31. The SMILES string of the molecule is CC(C)(C)Oc1ccc(/C=N\n2c(CCc3ccccc3)n[nH]c2=S)cc1. The van der Waals surface area contributed by atoms with E-state index in [0.29, 0.717) is 4.77 Å². The molecule has 0 amide bonds. The fraction of sp³-hybridized carbons (Fsp3) is 0.286. The number of nitrogens with one attached hydrogen (secondary N) is 1. The number of hydrogen-bond acceptors (Lipinski definition) is 4. The van der Waals surface area contributed by atoms with Crippen LogP contribution in [0.25, 0.3) is 0 Å². The van der Waals surface area contributed by atoms with E-state index in [0.717, 1.165) is 30.0 Å². The van der Waals surface area contributed by atoms with Crippen molar-refractivity contribution in [1.29, 1.82) is 0 Å². The van der Waals surface area contributed by atoms with Crippen molar-refractivity contribution in [3.8, 4) is 5.75 Å². The lowest BCUT2D eigenvalue weighted by atomic mass is 10.1. The standard InChI is InChI=1S/C21H24N4OS/c1-21(2,3)26-18-12-9-17(10-13-18)15-22-25-19(23-24-20(25)27)14-11-16-7-5-4-6-8-16/h4-10,12-13,15H,11,14H2,1-3H3,(H,24,27)/b22-15-. The molecule has 0 fully saturated rings. The predicted molar refractivity (Wildman–Crippen MR) is 111 cm³/mol. The zero-order chi connectivity index (χ0) is 19.3. The maximum atomic E-state index is 5.84. The van der Waals surface area contributed by atoms with Gasteiger partial charge in [0.05, 0.1) is 6.21 Å². The van der Waals surface area contributed by atoms with Crippen molar-refractivity contribution in [2.24, 2.45) is 5.10 Å². The first-order valence-corrected chi connectivity index (χ1v) is 9.35. The molecule has 0 saturated carbocycles. The molecule has 1 aromatic heterocycles. The van der Waals surface area contributed by atoms with Crippen molar-refractivity contribution in [2.75, 3.05) is 0 Å². The fourth-order valence-corrected chi connectivity index (χ4v) is 2.80. The molecular formula is C21H24N4OS. The van der Waals surface area contributed by atoms with Crippen LogP contribution in [0, 0.1) is 4.77 Å². The van der Waals surface area contributed by atoms with E-state index >= 15 is 0 Å². The van der Waals surface area contributed by atoms with Gasteiger partial charge in [-0.1, -0.05) is 30.3 Å². The van der Waals surface area contributed by atoms with Crippen LogP contribution in [-0.2, 0) is 12.8 Å². The maximum absolute atomic E-state index is 5.84. The highest BCUT2D eigenvalue weighted by Gasteiger charge is 2.11. The molecular weight excluding hydrogens is 356 g/mol. The van der Waals surface area contributed by atoms with E-state index in [1.807, 2.05) is 63.2 Å². The minimum absolute atomic E-state index is 0.215. The lowest BCUT2D eigenvalue weighted by molar-refractivity contribution is 0.131. The smallest absolute Gasteiger partial charge is 0.216 e. The molecule has 140 valence electrons. The Morgan fingerprint density at radius 3 is 2.44 bits per heavy atom. The van der Waals surface area contributed by atoms with Crippen LogP contribution >= 0.6 is 12.2 Å². The number of hydrogen-bond donors (Lipinski definition) is 1. The molecule has 1 N–H and O–H groups in total. The molecule has 0 aliphatic heterocycles. The molecule has 1 heterocycles. The summed E-state index contributed by atoms with van der Waals surface area (Å²) in [5, 5.41) is 11.6. The van der Waals surface area contributed by atoms with E-state index in [1.165, 1.54) is 5.56 Å². The van der Waals surface area contributed by atoms with Crippen molar-refractivity contribution in [3.05, 3.63) is 76.3 Å². The number of H-pyrrole nitrogens is 1. The van der Waals surface area contributed by atoms with Gasteiger partial charge >= 0.3 is 0 Å². The van der Waals surface area contributed by atoms with Gasteiger partial charge in [0.25, 0.3) is 0 Å². The molecule has 0 spiro atoms. The first-order valence-electron chi connectivity index (χ1n) is 8.94. The van der Waals surface area contributed by atoms with Crippen LogP contribution in [0.4, 0.5) is 0 Å². The van der Waals surface area contributed by atoms with E-state index in [4.69, 9.17) is 17.0 Å². The number of rotatable bonds is 6. The quantitative estimate of drug-likeness (QED) is 0.494. The van der Waals surface area contributed by atoms with Crippen LogP contribution in [0.1, 0.15) is 37.7 Å². The Morgan fingerprint density at radius 2 is 1.78 bits per heavy atom. The predicted octanol–water partition coefficient (Wildman–Crippen LogP) is 4.79. The van der Waals surface area contributed by atoms with Crippen molar-refractivity contribution >= 4 is 18.4 Å². The summed E-state index contributed by atoms with van der Waals surface area (Å²) in [5.41, 5.74) is 2.01. The number of benzene rings is 2. The largest absolute Gasteiger partial charge is 0.488 e. The third-order valence-electron chi connectivity index (χ3n) is 3.82. The fourth-order valence-electron chi connectivity index (χ4n) is 2.61. The highest BCUT2D eigenvalue weighted by Crippen LogP contribution is 2.18. The monoisotopic (exact) mass is 380 g/mol. The van der Waals surface area contributed by atoms with Gasteiger partial charge < -0.3 is 4.74 Å². The third kappa shape index (κ3) is 5.62. The maximum Gasteiger partial charge on any atom is 0.216 e. The van der Waals surface area contributed by atoms with Crippen LogP contribution in [0.3, 0.4) is 0 Å². The van der Waals surface area contributed by atoms with Crippen molar-refractivity contribution in [2.45, 2.75) is 39.2 Å². The van der Waals surface area contributed by atoms with Gasteiger partial charge in [0.15, 0.2) is 5.82 Å². The van der Waals surface area contributed by atoms with E-state index in [2.05, 4.69) is 27.4 Å². The summed E-state index contributed by atoms with van der Waals surface area (Å²) in [6, 6.07) is 18.1. The Morgan fingerprint density at radius 1 is 1.07 bits per heavy atom. The van der Waals surface area contributed by atoms with Crippen LogP contribution in [0.15, 0.2) is 59.7 Å². The molecule has 0 radical (unpaired) electrons. The van der Waals surface area contributed by atoms with Crippen LogP contribution in [0.2, 0.25) is 0 Å². The van der Waals surface area contributed by atoms with Gasteiger partial charge in [0, 0.05) is 6.42 Å². The van der Waals surface area contributed by atoms with Crippen molar-refractivity contribution < 1.29 is 4.74 Å². The molecule has 6 heteroatoms. The van der Waals surface area contributed by atoms with Crippen molar-refractivity contribution in [1.82, 2.24) is 14.9 Å². The summed E-state index contributed by atoms with van der Waals surface area (Å²) in [6.45, 7) is 6.08. The molecule has 3 aromatic rings. The third-order valence-corrected chi connectivity index (χ3v) is 4.09. The first kappa shape index (κ1) is 19.0. The van der Waals surface area contributed by atoms with Gasteiger partial charge in [-0.3, -0.25) is 5.10 Å². The number of aryl methyl sites for hydroxylation is 2. The first-order chi connectivity index (χ1) is 12.9. The zero-order valence-electron chi connectivity index (χ0n) is 15.8. The Hall–Kier alpha value is -2.73. The van der Waals surface area contributed by atoms with Gasteiger partial charge in [-0.25, -0.2) is 0 Å². The van der Waals surface area contributed by atoms with Gasteiger partial charge in [-0.05, 0) is 74.8 Å². The van der Waals surface area contributed by atoms with Gasteiger partial charge in [0.2, 0.25) is 4.77 Å². The summed E-state index contributed by atoms with van der Waals surface area (Å²) in [7, 11) is 0. The highest BCUT2D eigenvalue weighted by atomic mass is 32.1. The molecule has 3 rings (SSSR count). The Labute approximate surface area is 164 Å². The zero-order valence-corrected chi connectivity index (χ0v) is 16.7. The normalized spacial score (nSPS) is 11.8. The van der Waals surface area contributed by atoms with Gasteiger partial charge in [-0.15, -0.1) is 0 Å². The Kier molecular flexibility index (Phi) is 5.86. The second-order valence-corrected chi connectivity index (χ2v) is 7.66. The summed E-state index contributed by atoms with van der Waals surface area (Å²) < 4.78 is 8.00. The number of nitrogens with zero attached hydrogens (tertiary/aromatic N) is 3. The minimum Gasteiger partial charge on any atom is -0.488 e. The van der Waals surface area contributed by atoms with E-state index in [9.17, 15) is 0 Å². The molecule has 0 aliphatic rings. The van der Waals surface area contributed by atoms with E-state index in [1.54, 1.807) is 10.9 Å². The number of aromatic nitrogens is 3. The molecule has 5 nitrogen and oxygen atoms in total. The van der Waals surface area contributed by atoms with E-state index < -0.39 is 0 Å². The Bertz CT molecular complexity index is 950. The summed E-state index contributed by atoms with van der Waals surface area (Å²) in [4.78, 5) is 0. The van der Waals surface area contributed by atoms with Gasteiger partial charge in [-0.2, -0.15) is 14.9 Å². The summed E-state index contributed by atoms with van der Waals surface area (Å²) in [5.74, 6) is 1.65. The molecule has 2 aromatic carbocycles. The van der Waals surface area contributed by atoms with Crippen LogP contribution < -0.4 is 4.74 Å². The molecule has 0 saturated heterocycles. The Balaban J connectivity index is 1.70. The molecule has 0 aliphatic carbocycles. The molecule has 0 unspecified atom stereocenters. The summed E-state index contributed by atoms with van der Waals surface area (Å²) in [6.07, 6.45) is 3.42. The topological polar surface area (TPSA) is 55.2 Å². The van der Waals surface area contributed by atoms with Crippen LogP contribution in [0.5, 0.6) is 5.75 Å². The molecule has 0 atom stereocenters.